The van der Waals surface area contributed by atoms with Crippen LogP contribution in [0.4, 0.5) is 5.82 Å². The van der Waals surface area contributed by atoms with E-state index < -0.39 is 5.60 Å². The SMILES string of the molecule is N#CC1(O)CCC(c2cc(N)n3ncc(-c4ccc(-c5ccccc5)nc4)c3n2)CC1. The van der Waals surface area contributed by atoms with E-state index in [1.54, 1.807) is 10.7 Å². The molecule has 4 aromatic rings. The quantitative estimate of drug-likeness (QED) is 0.494. The number of pyridine rings is 1. The second-order valence-electron chi connectivity index (χ2n) is 8.12. The van der Waals surface area contributed by atoms with Crippen molar-refractivity contribution in [3.8, 4) is 28.5 Å². The summed E-state index contributed by atoms with van der Waals surface area (Å²) in [7, 11) is 0. The number of rotatable bonds is 3. The van der Waals surface area contributed by atoms with Crippen LogP contribution >= 0.6 is 0 Å². The van der Waals surface area contributed by atoms with Crippen LogP contribution in [-0.2, 0) is 0 Å². The molecule has 3 aromatic heterocycles. The molecule has 5 rings (SSSR count). The molecule has 0 aliphatic heterocycles. The summed E-state index contributed by atoms with van der Waals surface area (Å²) < 4.78 is 1.64. The van der Waals surface area contributed by atoms with Gasteiger partial charge in [-0.15, -0.1) is 0 Å². The lowest BCUT2D eigenvalue weighted by atomic mass is 9.78. The van der Waals surface area contributed by atoms with E-state index in [9.17, 15) is 5.11 Å². The fraction of sp³-hybridized carbons (Fsp3) is 0.250. The number of aromatic nitrogens is 4. The third-order valence-corrected chi connectivity index (χ3v) is 6.10. The lowest BCUT2D eigenvalue weighted by Crippen LogP contribution is -2.31. The third kappa shape index (κ3) is 3.51. The highest BCUT2D eigenvalue weighted by atomic mass is 16.3. The van der Waals surface area contributed by atoms with Gasteiger partial charge in [0.2, 0.25) is 0 Å². The van der Waals surface area contributed by atoms with Crippen LogP contribution in [0.1, 0.15) is 37.3 Å². The van der Waals surface area contributed by atoms with Gasteiger partial charge >= 0.3 is 0 Å². The van der Waals surface area contributed by atoms with Crippen LogP contribution in [0.15, 0.2) is 60.9 Å². The molecule has 3 heterocycles. The van der Waals surface area contributed by atoms with Gasteiger partial charge in [-0.2, -0.15) is 14.9 Å². The average molecular weight is 410 g/mol. The monoisotopic (exact) mass is 410 g/mol. The summed E-state index contributed by atoms with van der Waals surface area (Å²) in [5, 5.41) is 23.8. The molecule has 1 aliphatic carbocycles. The maximum Gasteiger partial charge on any atom is 0.165 e. The van der Waals surface area contributed by atoms with Crippen molar-refractivity contribution in [2.75, 3.05) is 5.73 Å². The number of benzene rings is 1. The summed E-state index contributed by atoms with van der Waals surface area (Å²) >= 11 is 0. The van der Waals surface area contributed by atoms with Crippen molar-refractivity contribution in [3.05, 3.63) is 66.6 Å². The number of anilines is 1. The fourth-order valence-electron chi connectivity index (χ4n) is 4.25. The summed E-state index contributed by atoms with van der Waals surface area (Å²) in [6, 6.07) is 17.9. The molecule has 7 heteroatoms. The number of aliphatic hydroxyl groups is 1. The predicted octanol–water partition coefficient (Wildman–Crippen LogP) is 3.95. The predicted molar refractivity (Wildman–Crippen MR) is 118 cm³/mol. The minimum absolute atomic E-state index is 0.155. The summed E-state index contributed by atoms with van der Waals surface area (Å²) in [5.74, 6) is 0.670. The van der Waals surface area contributed by atoms with Crippen molar-refractivity contribution in [3.63, 3.8) is 0 Å². The van der Waals surface area contributed by atoms with Crippen LogP contribution in [0.5, 0.6) is 0 Å². The minimum Gasteiger partial charge on any atom is -0.384 e. The van der Waals surface area contributed by atoms with Gasteiger partial charge in [-0.05, 0) is 31.7 Å². The molecule has 0 bridgehead atoms. The number of nitriles is 1. The molecule has 1 aromatic carbocycles. The Balaban J connectivity index is 1.49. The molecule has 0 radical (unpaired) electrons. The number of nitrogen functional groups attached to an aromatic ring is 1. The summed E-state index contributed by atoms with van der Waals surface area (Å²) in [6.45, 7) is 0. The Morgan fingerprint density at radius 2 is 1.84 bits per heavy atom. The standard InChI is InChI=1S/C24H22N6O/c25-15-24(31)10-8-17(9-11-24)21-12-22(26)30-23(29-21)19(14-28-30)18-6-7-20(27-13-18)16-4-2-1-3-5-16/h1-7,12-14,17,31H,8-11,26H2. The van der Waals surface area contributed by atoms with E-state index in [0.717, 1.165) is 28.1 Å². The molecule has 0 atom stereocenters. The first-order valence-corrected chi connectivity index (χ1v) is 10.4. The van der Waals surface area contributed by atoms with Crippen molar-refractivity contribution in [2.24, 2.45) is 0 Å². The Labute approximate surface area is 179 Å². The van der Waals surface area contributed by atoms with Crippen molar-refractivity contribution in [1.29, 1.82) is 5.26 Å². The maximum atomic E-state index is 10.2. The van der Waals surface area contributed by atoms with E-state index in [2.05, 4.69) is 10.1 Å². The van der Waals surface area contributed by atoms with Gasteiger partial charge in [0.25, 0.3) is 0 Å². The summed E-state index contributed by atoms with van der Waals surface area (Å²) in [6.07, 6.45) is 5.87. The Kier molecular flexibility index (Phi) is 4.64. The second-order valence-corrected chi connectivity index (χ2v) is 8.12. The smallest absolute Gasteiger partial charge is 0.165 e. The van der Waals surface area contributed by atoms with E-state index in [0.29, 0.717) is 37.1 Å². The number of nitrogens with two attached hydrogens (primary N) is 1. The third-order valence-electron chi connectivity index (χ3n) is 6.10. The molecule has 0 saturated heterocycles. The van der Waals surface area contributed by atoms with Crippen molar-refractivity contribution >= 4 is 11.5 Å². The minimum atomic E-state index is -1.22. The molecule has 3 N–H and O–H groups in total. The van der Waals surface area contributed by atoms with Gasteiger partial charge in [-0.3, -0.25) is 4.98 Å². The maximum absolute atomic E-state index is 10.2. The number of hydrogen-bond donors (Lipinski definition) is 2. The summed E-state index contributed by atoms with van der Waals surface area (Å²) in [4.78, 5) is 9.50. The molecule has 1 fully saturated rings. The van der Waals surface area contributed by atoms with Gasteiger partial charge in [0, 0.05) is 40.6 Å². The molecule has 31 heavy (non-hydrogen) atoms. The average Bonchev–Trinajstić information content (AvgIpc) is 3.25. The Morgan fingerprint density at radius 1 is 1.06 bits per heavy atom. The zero-order chi connectivity index (χ0) is 21.4. The van der Waals surface area contributed by atoms with Gasteiger partial charge in [0.1, 0.15) is 5.82 Å². The Bertz CT molecular complexity index is 1270. The zero-order valence-corrected chi connectivity index (χ0v) is 16.9. The normalized spacial score (nSPS) is 21.1. The first-order valence-electron chi connectivity index (χ1n) is 10.4. The van der Waals surface area contributed by atoms with Crippen molar-refractivity contribution in [2.45, 2.75) is 37.2 Å². The second kappa shape index (κ2) is 7.49. The molecular weight excluding hydrogens is 388 g/mol. The lowest BCUT2D eigenvalue weighted by Gasteiger charge is -2.30. The molecule has 154 valence electrons. The molecule has 1 aliphatic rings. The van der Waals surface area contributed by atoms with Gasteiger partial charge in [0.05, 0.1) is 18.0 Å². The van der Waals surface area contributed by atoms with E-state index in [4.69, 9.17) is 16.0 Å². The van der Waals surface area contributed by atoms with Gasteiger partial charge in [0.15, 0.2) is 11.2 Å². The van der Waals surface area contributed by atoms with E-state index in [1.807, 2.05) is 60.8 Å². The van der Waals surface area contributed by atoms with Gasteiger partial charge in [-0.1, -0.05) is 36.4 Å². The van der Waals surface area contributed by atoms with Crippen LogP contribution in [0.2, 0.25) is 0 Å². The van der Waals surface area contributed by atoms with Gasteiger partial charge < -0.3 is 10.8 Å². The van der Waals surface area contributed by atoms with E-state index in [1.165, 1.54) is 0 Å². The molecule has 0 unspecified atom stereocenters. The van der Waals surface area contributed by atoms with Crippen LogP contribution in [-0.4, -0.2) is 30.3 Å². The van der Waals surface area contributed by atoms with Gasteiger partial charge in [-0.25, -0.2) is 4.98 Å². The first kappa shape index (κ1) is 19.2. The van der Waals surface area contributed by atoms with E-state index >= 15 is 0 Å². The van der Waals surface area contributed by atoms with Crippen LogP contribution in [0.25, 0.3) is 28.0 Å². The number of nitrogens with zero attached hydrogens (tertiary/aromatic N) is 5. The Hall–Kier alpha value is -3.76. The zero-order valence-electron chi connectivity index (χ0n) is 16.9. The fourth-order valence-corrected chi connectivity index (χ4v) is 4.25. The lowest BCUT2D eigenvalue weighted by molar-refractivity contribution is 0.0524. The highest BCUT2D eigenvalue weighted by molar-refractivity contribution is 5.78. The number of hydrogen-bond acceptors (Lipinski definition) is 6. The van der Waals surface area contributed by atoms with Crippen LogP contribution in [0.3, 0.4) is 0 Å². The molecule has 7 nitrogen and oxygen atoms in total. The van der Waals surface area contributed by atoms with Crippen molar-refractivity contribution < 1.29 is 5.11 Å². The molecule has 0 amide bonds. The molecular formula is C24H22N6O. The van der Waals surface area contributed by atoms with E-state index in [-0.39, 0.29) is 5.92 Å². The number of fused-ring (bicyclic) bond motifs is 1. The topological polar surface area (TPSA) is 113 Å². The summed E-state index contributed by atoms with van der Waals surface area (Å²) in [5.41, 5.74) is 10.4. The first-order chi connectivity index (χ1) is 15.1. The van der Waals surface area contributed by atoms with Crippen molar-refractivity contribution in [1.82, 2.24) is 19.6 Å². The largest absolute Gasteiger partial charge is 0.384 e. The highest BCUT2D eigenvalue weighted by Crippen LogP contribution is 2.38. The Morgan fingerprint density at radius 3 is 2.52 bits per heavy atom. The van der Waals surface area contributed by atoms with Crippen LogP contribution in [0, 0.1) is 11.3 Å². The molecule has 1 saturated carbocycles. The molecule has 0 spiro atoms. The van der Waals surface area contributed by atoms with Crippen LogP contribution < -0.4 is 5.73 Å². The highest BCUT2D eigenvalue weighted by Gasteiger charge is 2.34.